The third-order valence-electron chi connectivity index (χ3n) is 3.74. The van der Waals surface area contributed by atoms with Crippen LogP contribution < -0.4 is 0 Å². The second kappa shape index (κ2) is 12.5. The van der Waals surface area contributed by atoms with Gasteiger partial charge in [0.25, 0.3) is 0 Å². The van der Waals surface area contributed by atoms with Crippen LogP contribution in [0.4, 0.5) is 0 Å². The third kappa shape index (κ3) is 13.7. The molecule has 112 valence electrons. The smallest absolute Gasteiger partial charge is 0.0782 e. The Morgan fingerprint density at radius 2 is 1.05 bits per heavy atom. The summed E-state index contributed by atoms with van der Waals surface area (Å²) in [6.07, 6.45) is 19.6. The summed E-state index contributed by atoms with van der Waals surface area (Å²) < 4.78 is 1.20. The lowest BCUT2D eigenvalue weighted by Gasteiger charge is -2.30. The van der Waals surface area contributed by atoms with Crippen LogP contribution in [0.3, 0.4) is 0 Å². The molecule has 0 aliphatic carbocycles. The Hall–Kier alpha value is -0.560. The zero-order valence-electron chi connectivity index (χ0n) is 13.8. The fourth-order valence-corrected chi connectivity index (χ4v) is 2.40. The van der Waals surface area contributed by atoms with E-state index in [2.05, 4.69) is 52.2 Å². The standard InChI is InChI=1S/C18H36N/c1-5-7-9-11-13-15-17-19(3,4)18-16-14-12-10-8-6-2/h5-8H,9-18H2,1-4H3/q+1/b7-5+,8-6+. The second-order valence-corrected chi connectivity index (χ2v) is 6.22. The molecule has 0 aliphatic heterocycles. The van der Waals surface area contributed by atoms with Crippen molar-refractivity contribution >= 4 is 0 Å². The molecule has 0 fully saturated rings. The van der Waals surface area contributed by atoms with Gasteiger partial charge in [-0.1, -0.05) is 24.3 Å². The molecule has 0 saturated carbocycles. The normalized spacial score (nSPS) is 12.8. The highest BCUT2D eigenvalue weighted by atomic mass is 15.3. The summed E-state index contributed by atoms with van der Waals surface area (Å²) >= 11 is 0. The quantitative estimate of drug-likeness (QED) is 0.254. The molecule has 1 nitrogen and oxygen atoms in total. The van der Waals surface area contributed by atoms with E-state index in [4.69, 9.17) is 0 Å². The van der Waals surface area contributed by atoms with Crippen LogP contribution >= 0.6 is 0 Å². The van der Waals surface area contributed by atoms with Gasteiger partial charge in [0, 0.05) is 0 Å². The van der Waals surface area contributed by atoms with Gasteiger partial charge in [0.2, 0.25) is 0 Å². The monoisotopic (exact) mass is 266 g/mol. The van der Waals surface area contributed by atoms with Crippen molar-refractivity contribution in [2.45, 2.75) is 65.2 Å². The molecule has 0 radical (unpaired) electrons. The Labute approximate surface area is 122 Å². The molecule has 0 aromatic carbocycles. The van der Waals surface area contributed by atoms with Gasteiger partial charge in [0.1, 0.15) is 0 Å². The van der Waals surface area contributed by atoms with Crippen molar-refractivity contribution in [3.05, 3.63) is 24.3 Å². The van der Waals surface area contributed by atoms with E-state index in [1.165, 1.54) is 68.9 Å². The first-order chi connectivity index (χ1) is 9.12. The first kappa shape index (κ1) is 18.4. The molecule has 19 heavy (non-hydrogen) atoms. The third-order valence-corrected chi connectivity index (χ3v) is 3.74. The highest BCUT2D eigenvalue weighted by molar-refractivity contribution is 4.76. The van der Waals surface area contributed by atoms with Gasteiger partial charge < -0.3 is 4.48 Å². The molecular formula is C18H36N+. The highest BCUT2D eigenvalue weighted by Gasteiger charge is 2.13. The highest BCUT2D eigenvalue weighted by Crippen LogP contribution is 2.09. The number of quaternary nitrogens is 1. The van der Waals surface area contributed by atoms with E-state index in [0.717, 1.165) is 0 Å². The molecule has 0 N–H and O–H groups in total. The van der Waals surface area contributed by atoms with Gasteiger partial charge >= 0.3 is 0 Å². The van der Waals surface area contributed by atoms with Crippen molar-refractivity contribution in [3.63, 3.8) is 0 Å². The number of unbranched alkanes of at least 4 members (excludes halogenated alkanes) is 6. The molecule has 0 spiro atoms. The molecule has 0 bridgehead atoms. The predicted octanol–water partition coefficient (Wildman–Crippen LogP) is 5.34. The van der Waals surface area contributed by atoms with Crippen LogP contribution in [0.5, 0.6) is 0 Å². The van der Waals surface area contributed by atoms with Gasteiger partial charge in [0.15, 0.2) is 0 Å². The van der Waals surface area contributed by atoms with Gasteiger partial charge in [0.05, 0.1) is 27.2 Å². The minimum Gasteiger partial charge on any atom is -0.328 e. The molecule has 0 aromatic heterocycles. The molecule has 0 unspecified atom stereocenters. The van der Waals surface area contributed by atoms with E-state index in [1.807, 2.05) is 0 Å². The van der Waals surface area contributed by atoms with E-state index in [0.29, 0.717) is 0 Å². The first-order valence-electron chi connectivity index (χ1n) is 8.16. The summed E-state index contributed by atoms with van der Waals surface area (Å²) in [6, 6.07) is 0. The average Bonchev–Trinajstić information content (AvgIpc) is 2.38. The van der Waals surface area contributed by atoms with Gasteiger partial charge in [-0.2, -0.15) is 0 Å². The molecule has 0 saturated heterocycles. The van der Waals surface area contributed by atoms with Crippen LogP contribution in [0.15, 0.2) is 24.3 Å². The topological polar surface area (TPSA) is 0 Å². The average molecular weight is 266 g/mol. The summed E-state index contributed by atoms with van der Waals surface area (Å²) in [4.78, 5) is 0. The summed E-state index contributed by atoms with van der Waals surface area (Å²) in [7, 11) is 4.77. The zero-order chi connectivity index (χ0) is 14.4. The minimum absolute atomic E-state index is 1.20. The van der Waals surface area contributed by atoms with Crippen molar-refractivity contribution in [1.82, 2.24) is 0 Å². The summed E-state index contributed by atoms with van der Waals surface area (Å²) in [5.74, 6) is 0. The lowest BCUT2D eigenvalue weighted by Crippen LogP contribution is -2.41. The van der Waals surface area contributed by atoms with Gasteiger partial charge in [-0.3, -0.25) is 0 Å². The Kier molecular flexibility index (Phi) is 12.1. The first-order valence-corrected chi connectivity index (χ1v) is 8.16. The van der Waals surface area contributed by atoms with Crippen molar-refractivity contribution < 1.29 is 4.48 Å². The maximum Gasteiger partial charge on any atom is 0.0782 e. The lowest BCUT2D eigenvalue weighted by atomic mass is 10.1. The molecule has 0 heterocycles. The number of rotatable bonds is 12. The molecule has 0 aromatic rings. The zero-order valence-corrected chi connectivity index (χ0v) is 13.8. The van der Waals surface area contributed by atoms with Crippen molar-refractivity contribution in [3.8, 4) is 0 Å². The lowest BCUT2D eigenvalue weighted by molar-refractivity contribution is -0.890. The van der Waals surface area contributed by atoms with Crippen LogP contribution in [-0.4, -0.2) is 31.7 Å². The molecule has 0 aliphatic rings. The SMILES string of the molecule is C/C=C/CCCCC[N+](C)(C)CCCCC/C=C/C. The number of hydrogen-bond acceptors (Lipinski definition) is 0. The van der Waals surface area contributed by atoms with Crippen LogP contribution in [0, 0.1) is 0 Å². The van der Waals surface area contributed by atoms with Crippen molar-refractivity contribution in [2.24, 2.45) is 0 Å². The van der Waals surface area contributed by atoms with E-state index in [1.54, 1.807) is 0 Å². The number of nitrogens with zero attached hydrogens (tertiary/aromatic N) is 1. The van der Waals surface area contributed by atoms with E-state index in [9.17, 15) is 0 Å². The Morgan fingerprint density at radius 3 is 1.42 bits per heavy atom. The van der Waals surface area contributed by atoms with E-state index in [-0.39, 0.29) is 0 Å². The van der Waals surface area contributed by atoms with Crippen LogP contribution in [-0.2, 0) is 0 Å². The van der Waals surface area contributed by atoms with E-state index < -0.39 is 0 Å². The Bertz CT molecular complexity index is 214. The largest absolute Gasteiger partial charge is 0.328 e. The Balaban J connectivity index is 3.46. The minimum atomic E-state index is 1.20. The van der Waals surface area contributed by atoms with Crippen LogP contribution in [0.25, 0.3) is 0 Å². The Morgan fingerprint density at radius 1 is 0.632 bits per heavy atom. The molecule has 0 rings (SSSR count). The summed E-state index contributed by atoms with van der Waals surface area (Å²) in [5.41, 5.74) is 0. The number of allylic oxidation sites excluding steroid dienone is 4. The van der Waals surface area contributed by atoms with Gasteiger partial charge in [-0.15, -0.1) is 0 Å². The van der Waals surface area contributed by atoms with Crippen LogP contribution in [0.1, 0.15) is 65.2 Å². The summed E-state index contributed by atoms with van der Waals surface area (Å²) in [6.45, 7) is 6.89. The fraction of sp³-hybridized carbons (Fsp3) is 0.778. The van der Waals surface area contributed by atoms with Crippen molar-refractivity contribution in [1.29, 1.82) is 0 Å². The van der Waals surface area contributed by atoms with Gasteiger partial charge in [-0.25, -0.2) is 0 Å². The van der Waals surface area contributed by atoms with Gasteiger partial charge in [-0.05, 0) is 65.2 Å². The molecule has 0 atom stereocenters. The maximum absolute atomic E-state index is 2.39. The summed E-state index contributed by atoms with van der Waals surface area (Å²) in [5, 5.41) is 0. The van der Waals surface area contributed by atoms with Crippen LogP contribution in [0.2, 0.25) is 0 Å². The molecular weight excluding hydrogens is 230 g/mol. The maximum atomic E-state index is 2.39. The molecule has 0 amide bonds. The number of hydrogen-bond donors (Lipinski definition) is 0. The molecule has 1 heteroatoms. The second-order valence-electron chi connectivity index (χ2n) is 6.22. The van der Waals surface area contributed by atoms with Crippen molar-refractivity contribution in [2.75, 3.05) is 27.2 Å². The van der Waals surface area contributed by atoms with E-state index >= 15 is 0 Å². The predicted molar refractivity (Wildman–Crippen MR) is 88.4 cm³/mol. The fourth-order valence-electron chi connectivity index (χ4n) is 2.40.